The number of carbonyl (C=O) groups excluding carboxylic acids is 2. The van der Waals surface area contributed by atoms with Crippen LogP contribution in [0.3, 0.4) is 0 Å². The number of nitrogens with one attached hydrogen (secondary N) is 3. The largest absolute Gasteiger partial charge is 0.488 e. The van der Waals surface area contributed by atoms with Gasteiger partial charge in [-0.25, -0.2) is 4.79 Å². The number of aromatic nitrogens is 2. The first kappa shape index (κ1) is 34.1. The van der Waals surface area contributed by atoms with E-state index in [0.717, 1.165) is 22.3 Å². The Morgan fingerprint density at radius 1 is 0.792 bits per heavy atom. The van der Waals surface area contributed by atoms with Crippen LogP contribution in [0.1, 0.15) is 54.9 Å². The summed E-state index contributed by atoms with van der Waals surface area (Å²) in [5.41, 5.74) is 4.89. The normalized spacial score (nSPS) is 11.1. The molecule has 1 aromatic heterocycles. The minimum Gasteiger partial charge on any atom is -0.488 e. The molecular weight excluding hydrogens is 628 g/mol. The van der Waals surface area contributed by atoms with Gasteiger partial charge in [-0.2, -0.15) is 5.10 Å². The Morgan fingerprint density at radius 3 is 1.98 bits per heavy atom. The maximum Gasteiger partial charge on any atom is 0.407 e. The summed E-state index contributed by atoms with van der Waals surface area (Å²) in [6, 6.07) is 30.7. The molecule has 0 saturated carbocycles. The van der Waals surface area contributed by atoms with Crippen molar-refractivity contribution < 1.29 is 23.8 Å². The number of benzene rings is 4. The van der Waals surface area contributed by atoms with Crippen molar-refractivity contribution in [3.63, 3.8) is 0 Å². The van der Waals surface area contributed by atoms with Gasteiger partial charge in [-0.1, -0.05) is 96.5 Å². The number of ether oxygens (including phenoxy) is 3. The lowest BCUT2D eigenvalue weighted by molar-refractivity contribution is 0.0523. The first-order valence-electron chi connectivity index (χ1n) is 15.7. The van der Waals surface area contributed by atoms with E-state index in [1.54, 1.807) is 12.1 Å². The van der Waals surface area contributed by atoms with E-state index in [1.165, 1.54) is 0 Å². The van der Waals surface area contributed by atoms with Gasteiger partial charge in [0.05, 0.1) is 5.02 Å². The third-order valence-electron chi connectivity index (χ3n) is 7.17. The Balaban J connectivity index is 1.52. The molecule has 9 nitrogen and oxygen atoms in total. The number of alkyl carbamates (subject to hydrolysis) is 1. The minimum absolute atomic E-state index is 0.272. The topological polar surface area (TPSA) is 115 Å². The Bertz CT molecular complexity index is 1840. The molecule has 248 valence electrons. The molecule has 0 aliphatic heterocycles. The van der Waals surface area contributed by atoms with Gasteiger partial charge in [-0.15, -0.1) is 0 Å². The molecule has 0 radical (unpaired) electrons. The lowest BCUT2D eigenvalue weighted by Gasteiger charge is -2.19. The Labute approximate surface area is 285 Å². The Kier molecular flexibility index (Phi) is 11.0. The van der Waals surface area contributed by atoms with Crippen molar-refractivity contribution >= 4 is 23.6 Å². The number of amides is 2. The van der Waals surface area contributed by atoms with E-state index in [1.807, 2.05) is 113 Å². The summed E-state index contributed by atoms with van der Waals surface area (Å²) in [4.78, 5) is 25.4. The molecule has 0 saturated heterocycles. The summed E-state index contributed by atoms with van der Waals surface area (Å²) in [6.07, 6.45) is -0.502. The molecule has 0 unspecified atom stereocenters. The van der Waals surface area contributed by atoms with E-state index >= 15 is 0 Å². The van der Waals surface area contributed by atoms with Gasteiger partial charge >= 0.3 is 6.09 Å². The highest BCUT2D eigenvalue weighted by atomic mass is 35.5. The molecule has 0 aliphatic rings. The van der Waals surface area contributed by atoms with Crippen LogP contribution in [0.15, 0.2) is 97.1 Å². The van der Waals surface area contributed by atoms with Crippen LogP contribution < -0.4 is 20.1 Å². The van der Waals surface area contributed by atoms with Crippen molar-refractivity contribution in [2.24, 2.45) is 0 Å². The van der Waals surface area contributed by atoms with E-state index in [9.17, 15) is 9.59 Å². The van der Waals surface area contributed by atoms with Gasteiger partial charge in [-0.05, 0) is 56.0 Å². The van der Waals surface area contributed by atoms with Crippen LogP contribution in [-0.2, 0) is 24.5 Å². The van der Waals surface area contributed by atoms with E-state index in [-0.39, 0.29) is 19.1 Å². The standard InChI is InChI=1S/C38H39ClN4O5/c1-5-40-36(44)35-33(28-18-16-25(17-19-28)22-41-37(45)48-38(2,3)4)34(42-43-35)29-20-30(39)32(47-24-27-14-10-7-11-15-27)21-31(29)46-23-26-12-8-6-9-13-26/h6-21H,5,22-24H2,1-4H3,(H,40,44)(H,41,45)(H,42,43). The smallest absolute Gasteiger partial charge is 0.407 e. The molecule has 0 spiro atoms. The zero-order chi connectivity index (χ0) is 34.1. The number of H-pyrrole nitrogens is 1. The molecule has 5 rings (SSSR count). The van der Waals surface area contributed by atoms with Crippen molar-refractivity contribution in [2.75, 3.05) is 6.54 Å². The molecule has 1 heterocycles. The van der Waals surface area contributed by atoms with Crippen LogP contribution in [0.2, 0.25) is 5.02 Å². The fourth-order valence-corrected chi connectivity index (χ4v) is 5.15. The number of rotatable bonds is 12. The van der Waals surface area contributed by atoms with Crippen LogP contribution in [-0.4, -0.2) is 34.3 Å². The van der Waals surface area contributed by atoms with Gasteiger partial charge in [0.15, 0.2) is 0 Å². The van der Waals surface area contributed by atoms with Gasteiger partial charge in [-0.3, -0.25) is 9.89 Å². The first-order chi connectivity index (χ1) is 23.1. The Hall–Kier alpha value is -5.28. The highest BCUT2D eigenvalue weighted by Crippen LogP contribution is 2.43. The van der Waals surface area contributed by atoms with Gasteiger partial charge in [0.2, 0.25) is 0 Å². The molecule has 3 N–H and O–H groups in total. The maximum atomic E-state index is 13.3. The molecular formula is C38H39ClN4O5. The van der Waals surface area contributed by atoms with E-state index < -0.39 is 11.7 Å². The Morgan fingerprint density at radius 2 is 1.40 bits per heavy atom. The molecule has 0 bridgehead atoms. The van der Waals surface area contributed by atoms with Gasteiger partial charge in [0.1, 0.15) is 41.7 Å². The summed E-state index contributed by atoms with van der Waals surface area (Å²) in [6.45, 7) is 8.61. The average molecular weight is 667 g/mol. The third-order valence-corrected chi connectivity index (χ3v) is 7.47. The predicted octanol–water partition coefficient (Wildman–Crippen LogP) is 8.33. The van der Waals surface area contributed by atoms with E-state index in [2.05, 4.69) is 20.8 Å². The minimum atomic E-state index is -0.597. The molecule has 0 fully saturated rings. The lowest BCUT2D eigenvalue weighted by atomic mass is 9.97. The molecule has 4 aromatic carbocycles. The number of carbonyl (C=O) groups is 2. The highest BCUT2D eigenvalue weighted by molar-refractivity contribution is 6.32. The number of halogens is 1. The first-order valence-corrected chi connectivity index (χ1v) is 16.1. The van der Waals surface area contributed by atoms with Gasteiger partial charge in [0.25, 0.3) is 5.91 Å². The fraction of sp³-hybridized carbons (Fsp3) is 0.237. The van der Waals surface area contributed by atoms with Crippen molar-refractivity contribution in [1.82, 2.24) is 20.8 Å². The fourth-order valence-electron chi connectivity index (χ4n) is 4.93. The molecule has 5 aromatic rings. The van der Waals surface area contributed by atoms with E-state index in [4.69, 9.17) is 25.8 Å². The number of hydrogen-bond acceptors (Lipinski definition) is 6. The van der Waals surface area contributed by atoms with Crippen LogP contribution in [0.5, 0.6) is 11.5 Å². The average Bonchev–Trinajstić information content (AvgIpc) is 3.52. The van der Waals surface area contributed by atoms with Crippen molar-refractivity contribution in [3.05, 3.63) is 124 Å². The summed E-state index contributed by atoms with van der Waals surface area (Å²) < 4.78 is 17.9. The van der Waals surface area contributed by atoms with Crippen LogP contribution in [0.4, 0.5) is 4.79 Å². The molecule has 48 heavy (non-hydrogen) atoms. The third kappa shape index (κ3) is 8.95. The predicted molar refractivity (Wildman–Crippen MR) is 187 cm³/mol. The van der Waals surface area contributed by atoms with Crippen LogP contribution in [0, 0.1) is 0 Å². The zero-order valence-corrected chi connectivity index (χ0v) is 28.2. The summed E-state index contributed by atoms with van der Waals surface area (Å²) in [5.74, 6) is 0.637. The second kappa shape index (κ2) is 15.5. The van der Waals surface area contributed by atoms with Gasteiger partial charge in [0, 0.05) is 30.3 Å². The monoisotopic (exact) mass is 666 g/mol. The second-order valence-electron chi connectivity index (χ2n) is 12.1. The zero-order valence-electron chi connectivity index (χ0n) is 27.4. The SMILES string of the molecule is CCNC(=O)c1[nH]nc(-c2cc(Cl)c(OCc3ccccc3)cc2OCc2ccccc2)c1-c1ccc(CNC(=O)OC(C)(C)C)cc1. The number of hydrogen-bond donors (Lipinski definition) is 3. The second-order valence-corrected chi connectivity index (χ2v) is 12.5. The number of aromatic amines is 1. The lowest BCUT2D eigenvalue weighted by Crippen LogP contribution is -2.32. The molecule has 2 amide bonds. The molecule has 0 atom stereocenters. The van der Waals surface area contributed by atoms with Crippen molar-refractivity contribution in [2.45, 2.75) is 53.1 Å². The van der Waals surface area contributed by atoms with Crippen LogP contribution in [0.25, 0.3) is 22.4 Å². The number of nitrogens with zero attached hydrogens (tertiary/aromatic N) is 1. The van der Waals surface area contributed by atoms with Gasteiger partial charge < -0.3 is 24.8 Å². The summed E-state index contributed by atoms with van der Waals surface area (Å²) >= 11 is 6.83. The van der Waals surface area contributed by atoms with E-state index in [0.29, 0.717) is 52.2 Å². The highest BCUT2D eigenvalue weighted by Gasteiger charge is 2.25. The van der Waals surface area contributed by atoms with Crippen molar-refractivity contribution in [3.8, 4) is 33.9 Å². The summed E-state index contributed by atoms with van der Waals surface area (Å²) in [5, 5.41) is 13.6. The molecule has 10 heteroatoms. The maximum absolute atomic E-state index is 13.3. The van der Waals surface area contributed by atoms with Crippen molar-refractivity contribution in [1.29, 1.82) is 0 Å². The van der Waals surface area contributed by atoms with Crippen LogP contribution >= 0.6 is 11.6 Å². The summed E-state index contributed by atoms with van der Waals surface area (Å²) in [7, 11) is 0. The quantitative estimate of drug-likeness (QED) is 0.123. The molecule has 0 aliphatic carbocycles.